The number of rotatable bonds is 7. The Bertz CT molecular complexity index is 493. The lowest BCUT2D eigenvalue weighted by Crippen LogP contribution is -2.17. The summed E-state index contributed by atoms with van der Waals surface area (Å²) in [4.78, 5) is 0.751. The molecule has 1 aromatic rings. The van der Waals surface area contributed by atoms with E-state index in [0.717, 1.165) is 10.6 Å². The summed E-state index contributed by atoms with van der Waals surface area (Å²) < 4.78 is 41.6. The number of benzene rings is 1. The smallest absolute Gasteiger partial charge is 0.389 e. The molecule has 0 unspecified atom stereocenters. The molecule has 0 aliphatic carbocycles. The Hall–Kier alpha value is -1.57. The third-order valence-corrected chi connectivity index (χ3v) is 3.45. The van der Waals surface area contributed by atoms with Gasteiger partial charge in [0.1, 0.15) is 5.75 Å². The fraction of sp³-hybridized carbons (Fsp3) is 0.462. The lowest BCUT2D eigenvalue weighted by molar-refractivity contribution is -0.136. The Labute approximate surface area is 125 Å². The van der Waals surface area contributed by atoms with Crippen LogP contribution in [0.1, 0.15) is 25.3 Å². The van der Waals surface area contributed by atoms with Gasteiger partial charge in [0.05, 0.1) is 12.2 Å². The van der Waals surface area contributed by atoms with Crippen molar-refractivity contribution >= 4 is 17.6 Å². The SMILES string of the molecule is CCSc1cccc(OCCCC(F)(F)F)c1/C(N)=N/O. The van der Waals surface area contributed by atoms with Gasteiger partial charge in [0.25, 0.3) is 0 Å². The van der Waals surface area contributed by atoms with E-state index < -0.39 is 12.6 Å². The van der Waals surface area contributed by atoms with Gasteiger partial charge >= 0.3 is 6.18 Å². The molecule has 0 fully saturated rings. The van der Waals surface area contributed by atoms with Crippen LogP contribution >= 0.6 is 11.8 Å². The number of ether oxygens (including phenoxy) is 1. The number of halogens is 3. The first-order valence-electron chi connectivity index (χ1n) is 6.32. The van der Waals surface area contributed by atoms with Gasteiger partial charge in [0, 0.05) is 11.3 Å². The fourth-order valence-corrected chi connectivity index (χ4v) is 2.50. The Morgan fingerprint density at radius 3 is 2.71 bits per heavy atom. The average Bonchev–Trinajstić information content (AvgIpc) is 2.42. The summed E-state index contributed by atoms with van der Waals surface area (Å²) in [5, 5.41) is 11.8. The summed E-state index contributed by atoms with van der Waals surface area (Å²) in [6, 6.07) is 5.08. The molecule has 0 saturated heterocycles. The number of amidine groups is 1. The minimum absolute atomic E-state index is 0.0918. The fourth-order valence-electron chi connectivity index (χ4n) is 1.66. The molecule has 0 aliphatic heterocycles. The van der Waals surface area contributed by atoms with E-state index in [0.29, 0.717) is 11.3 Å². The number of hydrogen-bond acceptors (Lipinski definition) is 4. The molecule has 1 aromatic carbocycles. The Balaban J connectivity index is 2.83. The third kappa shape index (κ3) is 5.74. The molecule has 0 amide bonds. The van der Waals surface area contributed by atoms with Crippen LogP contribution in [-0.4, -0.2) is 29.6 Å². The largest absolute Gasteiger partial charge is 0.493 e. The summed E-state index contributed by atoms with van der Waals surface area (Å²) in [6.07, 6.45) is -5.25. The third-order valence-electron chi connectivity index (χ3n) is 2.51. The molecule has 8 heteroatoms. The topological polar surface area (TPSA) is 67.8 Å². The molecule has 0 atom stereocenters. The van der Waals surface area contributed by atoms with Crippen molar-refractivity contribution in [2.45, 2.75) is 30.8 Å². The van der Waals surface area contributed by atoms with Crippen LogP contribution in [-0.2, 0) is 0 Å². The van der Waals surface area contributed by atoms with E-state index in [2.05, 4.69) is 5.16 Å². The van der Waals surface area contributed by atoms with Gasteiger partial charge in [-0.1, -0.05) is 18.1 Å². The maximum Gasteiger partial charge on any atom is 0.389 e. The minimum Gasteiger partial charge on any atom is -0.493 e. The highest BCUT2D eigenvalue weighted by Gasteiger charge is 2.26. The number of nitrogens with zero attached hydrogens (tertiary/aromatic N) is 1. The van der Waals surface area contributed by atoms with Crippen molar-refractivity contribution in [2.75, 3.05) is 12.4 Å². The lowest BCUT2D eigenvalue weighted by Gasteiger charge is -2.14. The second kappa shape index (κ2) is 8.02. The van der Waals surface area contributed by atoms with E-state index in [9.17, 15) is 13.2 Å². The standard InChI is InChI=1S/C13H17F3N2O2S/c1-2-21-10-6-3-5-9(11(10)12(17)18-19)20-8-4-7-13(14,15)16/h3,5-6,19H,2,4,7-8H2,1H3,(H2,17,18). The van der Waals surface area contributed by atoms with Crippen molar-refractivity contribution < 1.29 is 23.1 Å². The van der Waals surface area contributed by atoms with Gasteiger partial charge in [-0.05, 0) is 24.3 Å². The predicted octanol–water partition coefficient (Wildman–Crippen LogP) is 3.61. The van der Waals surface area contributed by atoms with Gasteiger partial charge in [-0.3, -0.25) is 0 Å². The molecule has 0 saturated carbocycles. The summed E-state index contributed by atoms with van der Waals surface area (Å²) in [6.45, 7) is 1.85. The van der Waals surface area contributed by atoms with Crippen LogP contribution in [0, 0.1) is 0 Å². The summed E-state index contributed by atoms with van der Waals surface area (Å²) in [5.41, 5.74) is 6.03. The zero-order chi connectivity index (χ0) is 15.9. The van der Waals surface area contributed by atoms with Crippen LogP contribution < -0.4 is 10.5 Å². The molecular weight excluding hydrogens is 305 g/mol. The number of hydrogen-bond donors (Lipinski definition) is 2. The van der Waals surface area contributed by atoms with Crippen LogP contribution in [0.4, 0.5) is 13.2 Å². The Kier molecular flexibility index (Phi) is 6.67. The van der Waals surface area contributed by atoms with Gasteiger partial charge < -0.3 is 15.7 Å². The molecule has 0 bridgehead atoms. The van der Waals surface area contributed by atoms with Crippen molar-refractivity contribution in [3.63, 3.8) is 0 Å². The van der Waals surface area contributed by atoms with Crippen LogP contribution in [0.5, 0.6) is 5.75 Å². The van der Waals surface area contributed by atoms with E-state index in [1.54, 1.807) is 18.2 Å². The molecule has 0 aliphatic rings. The highest BCUT2D eigenvalue weighted by molar-refractivity contribution is 7.99. The first-order valence-corrected chi connectivity index (χ1v) is 7.31. The molecule has 3 N–H and O–H groups in total. The number of alkyl halides is 3. The highest BCUT2D eigenvalue weighted by Crippen LogP contribution is 2.30. The first-order chi connectivity index (χ1) is 9.89. The van der Waals surface area contributed by atoms with E-state index in [-0.39, 0.29) is 18.9 Å². The maximum absolute atomic E-state index is 12.1. The zero-order valence-corrected chi connectivity index (χ0v) is 12.3. The number of oxime groups is 1. The molecular formula is C13H17F3N2O2S. The van der Waals surface area contributed by atoms with E-state index >= 15 is 0 Å². The van der Waals surface area contributed by atoms with E-state index in [1.165, 1.54) is 11.8 Å². The predicted molar refractivity (Wildman–Crippen MR) is 76.1 cm³/mol. The van der Waals surface area contributed by atoms with Gasteiger partial charge in [0.15, 0.2) is 5.84 Å². The van der Waals surface area contributed by atoms with Crippen molar-refractivity contribution in [1.82, 2.24) is 0 Å². The van der Waals surface area contributed by atoms with Crippen molar-refractivity contribution in [1.29, 1.82) is 0 Å². The van der Waals surface area contributed by atoms with E-state index in [4.69, 9.17) is 15.7 Å². The molecule has 0 aromatic heterocycles. The van der Waals surface area contributed by atoms with Crippen LogP contribution in [0.3, 0.4) is 0 Å². The number of thioether (sulfide) groups is 1. The molecule has 0 radical (unpaired) electrons. The molecule has 0 heterocycles. The second-order valence-corrected chi connectivity index (χ2v) is 5.42. The molecule has 21 heavy (non-hydrogen) atoms. The zero-order valence-electron chi connectivity index (χ0n) is 11.5. The summed E-state index contributed by atoms with van der Waals surface area (Å²) in [7, 11) is 0. The van der Waals surface area contributed by atoms with Gasteiger partial charge in [-0.15, -0.1) is 11.8 Å². The molecule has 4 nitrogen and oxygen atoms in total. The van der Waals surface area contributed by atoms with Crippen LogP contribution in [0.2, 0.25) is 0 Å². The summed E-state index contributed by atoms with van der Waals surface area (Å²) in [5.74, 6) is 0.951. The maximum atomic E-state index is 12.1. The van der Waals surface area contributed by atoms with E-state index in [1.807, 2.05) is 6.92 Å². The second-order valence-electron chi connectivity index (χ2n) is 4.11. The minimum atomic E-state index is -4.20. The van der Waals surface area contributed by atoms with Crippen molar-refractivity contribution in [3.05, 3.63) is 23.8 Å². The molecule has 118 valence electrons. The quantitative estimate of drug-likeness (QED) is 0.201. The highest BCUT2D eigenvalue weighted by atomic mass is 32.2. The Morgan fingerprint density at radius 2 is 2.14 bits per heavy atom. The van der Waals surface area contributed by atoms with Gasteiger partial charge in [-0.2, -0.15) is 13.2 Å². The van der Waals surface area contributed by atoms with Crippen LogP contribution in [0.15, 0.2) is 28.3 Å². The first kappa shape index (κ1) is 17.5. The summed E-state index contributed by atoms with van der Waals surface area (Å²) >= 11 is 1.47. The van der Waals surface area contributed by atoms with Gasteiger partial charge in [0.2, 0.25) is 0 Å². The van der Waals surface area contributed by atoms with Crippen molar-refractivity contribution in [2.24, 2.45) is 10.9 Å². The normalized spacial score (nSPS) is 12.5. The molecule has 1 rings (SSSR count). The Morgan fingerprint density at radius 1 is 1.43 bits per heavy atom. The molecule has 0 spiro atoms. The monoisotopic (exact) mass is 322 g/mol. The van der Waals surface area contributed by atoms with Crippen LogP contribution in [0.25, 0.3) is 0 Å². The van der Waals surface area contributed by atoms with Crippen molar-refractivity contribution in [3.8, 4) is 5.75 Å². The lowest BCUT2D eigenvalue weighted by atomic mass is 10.2. The number of nitrogens with two attached hydrogens (primary N) is 1. The van der Waals surface area contributed by atoms with Gasteiger partial charge in [-0.25, -0.2) is 0 Å². The average molecular weight is 322 g/mol.